The van der Waals surface area contributed by atoms with Gasteiger partial charge in [0.25, 0.3) is 0 Å². The Morgan fingerprint density at radius 2 is 1.79 bits per heavy atom. The Hall–Kier alpha value is -2.64. The van der Waals surface area contributed by atoms with Crippen LogP contribution >= 0.6 is 0 Å². The fourth-order valence-corrected chi connectivity index (χ4v) is 3.87. The molecule has 1 heterocycles. The highest BCUT2D eigenvalue weighted by atomic mass is 16.6. The molecule has 1 aliphatic heterocycles. The van der Waals surface area contributed by atoms with Gasteiger partial charge in [-0.2, -0.15) is 0 Å². The monoisotopic (exact) mass is 406 g/mol. The number of esters is 1. The first-order chi connectivity index (χ1) is 13.6. The molecule has 1 fully saturated rings. The van der Waals surface area contributed by atoms with Gasteiger partial charge in [-0.1, -0.05) is 30.3 Å². The number of rotatable bonds is 6. The number of piperidine rings is 1. The fourth-order valence-electron chi connectivity index (χ4n) is 3.87. The van der Waals surface area contributed by atoms with E-state index in [1.54, 1.807) is 56.9 Å². The predicted octanol–water partition coefficient (Wildman–Crippen LogP) is 3.63. The van der Waals surface area contributed by atoms with Crippen LogP contribution < -0.4 is 0 Å². The molecule has 29 heavy (non-hydrogen) atoms. The predicted molar refractivity (Wildman–Crippen MR) is 107 cm³/mol. The fraction of sp³-hybridized carbons (Fsp3) is 0.619. The van der Waals surface area contributed by atoms with Crippen molar-refractivity contribution in [2.24, 2.45) is 5.41 Å². The lowest BCUT2D eigenvalue weighted by Crippen LogP contribution is -2.51. The molecule has 1 amide bonds. The molecule has 1 saturated heterocycles. The number of ether oxygens (including phenoxy) is 2. The number of hydrogen-bond donors (Lipinski definition) is 0. The number of likely N-dealkylation sites (tertiary alicyclic amines) is 1. The summed E-state index contributed by atoms with van der Waals surface area (Å²) in [6.07, 6.45) is 0.177. The zero-order valence-electron chi connectivity index (χ0n) is 17.6. The van der Waals surface area contributed by atoms with Gasteiger partial charge in [0.15, 0.2) is 0 Å². The van der Waals surface area contributed by atoms with Crippen LogP contribution in [0.2, 0.25) is 0 Å². The van der Waals surface area contributed by atoms with E-state index in [0.717, 1.165) is 0 Å². The van der Waals surface area contributed by atoms with E-state index < -0.39 is 29.0 Å². The van der Waals surface area contributed by atoms with Crippen molar-refractivity contribution in [3.8, 4) is 0 Å². The standard InChI is InChI=1S/C21H30N2O6/c1-5-28-18(24)17(16-9-7-6-8-10-16)21(15-23(26)27)11-13-22(14-12-21)19(25)29-20(2,3)4/h6-10,17H,5,11-15H2,1-4H3/t17-/m1/s1. The van der Waals surface area contributed by atoms with Gasteiger partial charge in [0, 0.05) is 18.0 Å². The van der Waals surface area contributed by atoms with Crippen LogP contribution in [0, 0.1) is 15.5 Å². The van der Waals surface area contributed by atoms with Crippen molar-refractivity contribution < 1.29 is 24.0 Å². The third-order valence-corrected chi connectivity index (χ3v) is 5.12. The van der Waals surface area contributed by atoms with Crippen LogP contribution in [-0.2, 0) is 14.3 Å². The van der Waals surface area contributed by atoms with Crippen LogP contribution in [0.15, 0.2) is 30.3 Å². The number of nitrogens with zero attached hydrogens (tertiary/aromatic N) is 2. The minimum absolute atomic E-state index is 0.195. The Morgan fingerprint density at radius 3 is 2.28 bits per heavy atom. The summed E-state index contributed by atoms with van der Waals surface area (Å²) in [5, 5.41) is 11.5. The Kier molecular flexibility index (Phi) is 7.21. The molecule has 2 rings (SSSR count). The summed E-state index contributed by atoms with van der Waals surface area (Å²) in [6, 6.07) is 9.03. The highest BCUT2D eigenvalue weighted by Gasteiger charge is 2.51. The number of amides is 1. The average molecular weight is 406 g/mol. The van der Waals surface area contributed by atoms with Gasteiger partial charge in [0.1, 0.15) is 5.60 Å². The maximum atomic E-state index is 12.9. The van der Waals surface area contributed by atoms with Crippen molar-refractivity contribution >= 4 is 12.1 Å². The summed E-state index contributed by atoms with van der Waals surface area (Å²) >= 11 is 0. The van der Waals surface area contributed by atoms with Gasteiger partial charge in [0.05, 0.1) is 17.9 Å². The lowest BCUT2D eigenvalue weighted by Gasteiger charge is -2.43. The van der Waals surface area contributed by atoms with Crippen molar-refractivity contribution in [3.05, 3.63) is 46.0 Å². The van der Waals surface area contributed by atoms with Crippen molar-refractivity contribution in [1.29, 1.82) is 0 Å². The van der Waals surface area contributed by atoms with E-state index in [9.17, 15) is 19.7 Å². The van der Waals surface area contributed by atoms with E-state index in [-0.39, 0.29) is 31.2 Å². The number of carbonyl (C=O) groups is 2. The van der Waals surface area contributed by atoms with Gasteiger partial charge in [0.2, 0.25) is 6.54 Å². The lowest BCUT2D eigenvalue weighted by atomic mass is 9.66. The van der Waals surface area contributed by atoms with E-state index in [1.165, 1.54) is 0 Å². The van der Waals surface area contributed by atoms with Crippen molar-refractivity contribution in [1.82, 2.24) is 4.90 Å². The van der Waals surface area contributed by atoms with Crippen molar-refractivity contribution in [2.75, 3.05) is 26.2 Å². The minimum Gasteiger partial charge on any atom is -0.466 e. The Labute approximate surface area is 171 Å². The molecular formula is C21H30N2O6. The molecule has 1 aliphatic rings. The molecule has 1 aromatic carbocycles. The second-order valence-electron chi connectivity index (χ2n) is 8.42. The van der Waals surface area contributed by atoms with Gasteiger partial charge in [-0.15, -0.1) is 0 Å². The van der Waals surface area contributed by atoms with E-state index in [1.807, 2.05) is 6.07 Å². The number of carbonyl (C=O) groups excluding carboxylic acids is 2. The maximum Gasteiger partial charge on any atom is 0.410 e. The molecule has 0 aromatic heterocycles. The quantitative estimate of drug-likeness (QED) is 0.406. The maximum absolute atomic E-state index is 12.9. The summed E-state index contributed by atoms with van der Waals surface area (Å²) in [6.45, 7) is 7.48. The molecule has 0 bridgehead atoms. The van der Waals surface area contributed by atoms with Crippen LogP contribution in [-0.4, -0.2) is 53.7 Å². The van der Waals surface area contributed by atoms with Crippen molar-refractivity contribution in [3.63, 3.8) is 0 Å². The lowest BCUT2D eigenvalue weighted by molar-refractivity contribution is -0.499. The van der Waals surface area contributed by atoms with Crippen LogP contribution in [0.1, 0.15) is 52.0 Å². The van der Waals surface area contributed by atoms with E-state index >= 15 is 0 Å². The SMILES string of the molecule is CCOC(=O)[C@@H](c1ccccc1)C1(C[N+](=O)[O-])CCN(C(=O)OC(C)(C)C)CC1. The first-order valence-corrected chi connectivity index (χ1v) is 9.89. The van der Waals surface area contributed by atoms with Gasteiger partial charge in [-0.25, -0.2) is 4.79 Å². The number of benzene rings is 1. The zero-order valence-corrected chi connectivity index (χ0v) is 17.6. The third-order valence-electron chi connectivity index (χ3n) is 5.12. The Balaban J connectivity index is 2.32. The first-order valence-electron chi connectivity index (χ1n) is 9.89. The summed E-state index contributed by atoms with van der Waals surface area (Å²) in [7, 11) is 0. The summed E-state index contributed by atoms with van der Waals surface area (Å²) in [5.41, 5.74) is -0.863. The summed E-state index contributed by atoms with van der Waals surface area (Å²) in [5.74, 6) is -1.24. The van der Waals surface area contributed by atoms with Crippen molar-refractivity contribution in [2.45, 2.75) is 52.1 Å². The molecule has 1 aromatic rings. The highest BCUT2D eigenvalue weighted by molar-refractivity contribution is 5.79. The van der Waals surface area contributed by atoms with Crippen LogP contribution in [0.5, 0.6) is 0 Å². The molecule has 8 heteroatoms. The molecule has 8 nitrogen and oxygen atoms in total. The largest absolute Gasteiger partial charge is 0.466 e. The minimum atomic E-state index is -0.935. The summed E-state index contributed by atoms with van der Waals surface area (Å²) in [4.78, 5) is 38.0. The van der Waals surface area contributed by atoms with Crippen LogP contribution in [0.25, 0.3) is 0 Å². The van der Waals surface area contributed by atoms with Gasteiger partial charge < -0.3 is 14.4 Å². The Morgan fingerprint density at radius 1 is 1.21 bits per heavy atom. The smallest absolute Gasteiger partial charge is 0.410 e. The molecule has 0 N–H and O–H groups in total. The molecule has 0 unspecified atom stereocenters. The molecule has 0 spiro atoms. The molecule has 1 atom stereocenters. The number of hydrogen-bond acceptors (Lipinski definition) is 6. The Bertz CT molecular complexity index is 720. The first kappa shape index (κ1) is 22.6. The van der Waals surface area contributed by atoms with E-state index in [4.69, 9.17) is 9.47 Å². The molecule has 160 valence electrons. The molecule has 0 aliphatic carbocycles. The van der Waals surface area contributed by atoms with E-state index in [2.05, 4.69) is 0 Å². The zero-order chi connectivity index (χ0) is 21.7. The normalized spacial score (nSPS) is 17.3. The van der Waals surface area contributed by atoms with E-state index in [0.29, 0.717) is 18.4 Å². The average Bonchev–Trinajstić information content (AvgIpc) is 2.61. The third kappa shape index (κ3) is 5.92. The topological polar surface area (TPSA) is 99.0 Å². The van der Waals surface area contributed by atoms with Gasteiger partial charge in [-0.3, -0.25) is 14.9 Å². The molecule has 0 radical (unpaired) electrons. The molecule has 0 saturated carbocycles. The van der Waals surface area contributed by atoms with Crippen LogP contribution in [0.4, 0.5) is 4.79 Å². The second-order valence-corrected chi connectivity index (χ2v) is 8.42. The number of nitro groups is 1. The summed E-state index contributed by atoms with van der Waals surface area (Å²) < 4.78 is 10.7. The van der Waals surface area contributed by atoms with Crippen LogP contribution in [0.3, 0.4) is 0 Å². The second kappa shape index (κ2) is 9.24. The highest BCUT2D eigenvalue weighted by Crippen LogP contribution is 2.45. The molecular weight excluding hydrogens is 376 g/mol. The van der Waals surface area contributed by atoms with Gasteiger partial charge in [-0.05, 0) is 46.1 Å². The van der Waals surface area contributed by atoms with Gasteiger partial charge >= 0.3 is 12.1 Å².